The van der Waals surface area contributed by atoms with Crippen LogP contribution in [0.1, 0.15) is 17.5 Å². The van der Waals surface area contributed by atoms with Crippen molar-refractivity contribution in [3.63, 3.8) is 0 Å². The first-order valence-corrected chi connectivity index (χ1v) is 7.74. The van der Waals surface area contributed by atoms with Crippen molar-refractivity contribution in [1.29, 1.82) is 0 Å². The molecule has 2 N–H and O–H groups in total. The minimum Gasteiger partial charge on any atom is -0.337 e. The second-order valence-corrected chi connectivity index (χ2v) is 6.84. The Bertz CT molecular complexity index is 703. The summed E-state index contributed by atoms with van der Waals surface area (Å²) in [6.07, 6.45) is -5.00. The average Bonchev–Trinajstić information content (AvgIpc) is 2.72. The zero-order chi connectivity index (χ0) is 16.7. The Kier molecular flexibility index (Phi) is 4.18. The number of nitrogens with two attached hydrogens (primary N) is 1. The monoisotopic (exact) mass is 340 g/mol. The smallest absolute Gasteiger partial charge is 0.337 e. The Morgan fingerprint density at radius 3 is 2.45 bits per heavy atom. The van der Waals surface area contributed by atoms with Gasteiger partial charge in [-0.15, -0.1) is 0 Å². The van der Waals surface area contributed by atoms with E-state index in [1.165, 1.54) is 0 Å². The number of amides is 1. The molecule has 1 fully saturated rings. The molecule has 10 heteroatoms. The van der Waals surface area contributed by atoms with Gasteiger partial charge in [0.1, 0.15) is 11.1 Å². The molecule has 0 saturated carbocycles. The van der Waals surface area contributed by atoms with Crippen LogP contribution < -0.4 is 5.14 Å². The number of carbonyl (C=O) groups is 1. The number of benzene rings is 1. The molecule has 1 aromatic rings. The fraction of sp³-hybridized carbons (Fsp3) is 0.417. The summed E-state index contributed by atoms with van der Waals surface area (Å²) in [6.45, 7) is -0.714. The molecule has 0 radical (unpaired) electrons. The van der Waals surface area contributed by atoms with E-state index in [9.17, 15) is 30.8 Å². The van der Waals surface area contributed by atoms with Gasteiger partial charge in [0.05, 0.1) is 5.56 Å². The molecule has 2 rings (SSSR count). The molecular formula is C12H12F4N2O3S. The Morgan fingerprint density at radius 2 is 1.95 bits per heavy atom. The third kappa shape index (κ3) is 3.55. The lowest BCUT2D eigenvalue weighted by Gasteiger charge is -2.18. The zero-order valence-electron chi connectivity index (χ0n) is 11.1. The summed E-state index contributed by atoms with van der Waals surface area (Å²) in [5, 5.41) is 3.81. The number of likely N-dealkylation sites (tertiary alicyclic amines) is 1. The Balaban J connectivity index is 2.23. The molecule has 1 heterocycles. The number of nitrogens with zero attached hydrogens (tertiary/aromatic N) is 1. The summed E-state index contributed by atoms with van der Waals surface area (Å²) < 4.78 is 73.9. The summed E-state index contributed by atoms with van der Waals surface area (Å²) in [7, 11) is -3.94. The van der Waals surface area contributed by atoms with Crippen molar-refractivity contribution in [3.8, 4) is 0 Å². The van der Waals surface area contributed by atoms with E-state index < -0.39 is 45.3 Å². The number of hydrogen-bond acceptors (Lipinski definition) is 3. The molecule has 1 aliphatic heterocycles. The molecule has 22 heavy (non-hydrogen) atoms. The SMILES string of the molecule is NS(=O)(=O)C1CC(=O)N(Cc2cc(C(F)(F)F)ccc2F)C1. The van der Waals surface area contributed by atoms with E-state index in [0.717, 1.165) is 4.90 Å². The molecule has 0 spiro atoms. The van der Waals surface area contributed by atoms with E-state index in [1.54, 1.807) is 0 Å². The van der Waals surface area contributed by atoms with E-state index in [0.29, 0.717) is 18.2 Å². The number of rotatable bonds is 3. The largest absolute Gasteiger partial charge is 0.416 e. The van der Waals surface area contributed by atoms with Crippen LogP contribution in [0.5, 0.6) is 0 Å². The molecular weight excluding hydrogens is 328 g/mol. The van der Waals surface area contributed by atoms with Crippen molar-refractivity contribution < 1.29 is 30.8 Å². The molecule has 0 bridgehead atoms. The molecule has 1 aromatic carbocycles. The van der Waals surface area contributed by atoms with Crippen molar-refractivity contribution in [2.75, 3.05) is 6.54 Å². The van der Waals surface area contributed by atoms with E-state index in [2.05, 4.69) is 0 Å². The molecule has 1 unspecified atom stereocenters. The maximum absolute atomic E-state index is 13.6. The van der Waals surface area contributed by atoms with Crippen molar-refractivity contribution in [2.24, 2.45) is 5.14 Å². The normalized spacial score (nSPS) is 19.8. The molecule has 5 nitrogen and oxygen atoms in total. The van der Waals surface area contributed by atoms with Gasteiger partial charge in [-0.05, 0) is 18.2 Å². The highest BCUT2D eigenvalue weighted by Crippen LogP contribution is 2.31. The van der Waals surface area contributed by atoms with Crippen LogP contribution in [0.25, 0.3) is 0 Å². The van der Waals surface area contributed by atoms with Crippen LogP contribution in [0.2, 0.25) is 0 Å². The van der Waals surface area contributed by atoms with Crippen LogP contribution in [0.15, 0.2) is 18.2 Å². The first-order valence-electron chi connectivity index (χ1n) is 6.13. The van der Waals surface area contributed by atoms with E-state index in [4.69, 9.17) is 5.14 Å². The lowest BCUT2D eigenvalue weighted by atomic mass is 10.1. The minimum atomic E-state index is -4.64. The summed E-state index contributed by atoms with van der Waals surface area (Å²) in [5.41, 5.74) is -1.38. The lowest BCUT2D eigenvalue weighted by Crippen LogP contribution is -2.32. The number of alkyl halides is 3. The maximum atomic E-state index is 13.6. The zero-order valence-corrected chi connectivity index (χ0v) is 11.9. The van der Waals surface area contributed by atoms with Gasteiger partial charge in [0, 0.05) is 25.1 Å². The molecule has 1 amide bonds. The number of halogens is 4. The topological polar surface area (TPSA) is 80.5 Å². The second-order valence-electron chi connectivity index (χ2n) is 4.99. The summed E-state index contributed by atoms with van der Waals surface area (Å²) in [5.74, 6) is -1.50. The molecule has 1 atom stereocenters. The van der Waals surface area contributed by atoms with Crippen LogP contribution in [0, 0.1) is 5.82 Å². The third-order valence-electron chi connectivity index (χ3n) is 3.38. The van der Waals surface area contributed by atoms with Gasteiger partial charge >= 0.3 is 6.18 Å². The van der Waals surface area contributed by atoms with E-state index >= 15 is 0 Å². The lowest BCUT2D eigenvalue weighted by molar-refractivity contribution is -0.137. The minimum absolute atomic E-state index is 0.270. The highest BCUT2D eigenvalue weighted by Gasteiger charge is 2.37. The molecule has 122 valence electrons. The van der Waals surface area contributed by atoms with Gasteiger partial charge in [0.15, 0.2) is 0 Å². The molecule has 0 aromatic heterocycles. The molecule has 1 saturated heterocycles. The van der Waals surface area contributed by atoms with Crippen LogP contribution in [-0.4, -0.2) is 31.0 Å². The van der Waals surface area contributed by atoms with Gasteiger partial charge in [-0.25, -0.2) is 17.9 Å². The van der Waals surface area contributed by atoms with Crippen LogP contribution in [-0.2, 0) is 27.5 Å². The summed E-state index contributed by atoms with van der Waals surface area (Å²) >= 11 is 0. The van der Waals surface area contributed by atoms with Crippen molar-refractivity contribution in [3.05, 3.63) is 35.1 Å². The molecule has 1 aliphatic rings. The highest BCUT2D eigenvalue weighted by molar-refractivity contribution is 7.89. The Labute approximate surface area is 123 Å². The third-order valence-corrected chi connectivity index (χ3v) is 4.62. The fourth-order valence-electron chi connectivity index (χ4n) is 2.19. The van der Waals surface area contributed by atoms with Gasteiger partial charge in [0.25, 0.3) is 0 Å². The number of primary sulfonamides is 1. The van der Waals surface area contributed by atoms with E-state index in [-0.39, 0.29) is 18.5 Å². The maximum Gasteiger partial charge on any atom is 0.416 e. The number of carbonyl (C=O) groups excluding carboxylic acids is 1. The first kappa shape index (κ1) is 16.7. The standard InChI is InChI=1S/C12H12F4N2O3S/c13-10-2-1-8(12(14,15)16)3-7(10)5-18-6-9(4-11(18)19)22(17,20)21/h1-3,9H,4-6H2,(H2,17,20,21). The van der Waals surface area contributed by atoms with Gasteiger partial charge in [-0.1, -0.05) is 0 Å². The number of sulfonamides is 1. The van der Waals surface area contributed by atoms with Crippen LogP contribution in [0.3, 0.4) is 0 Å². The van der Waals surface area contributed by atoms with Gasteiger partial charge in [-0.2, -0.15) is 13.2 Å². The predicted octanol–water partition coefficient (Wildman–Crippen LogP) is 1.23. The van der Waals surface area contributed by atoms with Crippen molar-refractivity contribution >= 4 is 15.9 Å². The van der Waals surface area contributed by atoms with Crippen LogP contribution >= 0.6 is 0 Å². The summed E-state index contributed by atoms with van der Waals surface area (Å²) in [6, 6.07) is 1.86. The first-order chi connectivity index (χ1) is 9.98. The van der Waals surface area contributed by atoms with E-state index in [1.807, 2.05) is 0 Å². The molecule has 0 aliphatic carbocycles. The fourth-order valence-corrected chi connectivity index (χ4v) is 2.95. The van der Waals surface area contributed by atoms with Gasteiger partial charge < -0.3 is 4.90 Å². The van der Waals surface area contributed by atoms with Crippen molar-refractivity contribution in [2.45, 2.75) is 24.4 Å². The average molecular weight is 340 g/mol. The number of hydrogen-bond donors (Lipinski definition) is 1. The van der Waals surface area contributed by atoms with Gasteiger partial charge in [-0.3, -0.25) is 4.79 Å². The van der Waals surface area contributed by atoms with Crippen molar-refractivity contribution in [1.82, 2.24) is 4.90 Å². The predicted molar refractivity (Wildman–Crippen MR) is 68.3 cm³/mol. The highest BCUT2D eigenvalue weighted by atomic mass is 32.2. The van der Waals surface area contributed by atoms with Gasteiger partial charge in [0.2, 0.25) is 15.9 Å². The Morgan fingerprint density at radius 1 is 1.32 bits per heavy atom. The second kappa shape index (κ2) is 5.51. The Hall–Kier alpha value is -1.68. The quantitative estimate of drug-likeness (QED) is 0.841. The van der Waals surface area contributed by atoms with Crippen LogP contribution in [0.4, 0.5) is 17.6 Å². The summed E-state index contributed by atoms with van der Waals surface area (Å²) in [4.78, 5) is 12.7.